The summed E-state index contributed by atoms with van der Waals surface area (Å²) in [5.41, 5.74) is 5.33. The summed E-state index contributed by atoms with van der Waals surface area (Å²) in [6.45, 7) is 3.90. The van der Waals surface area contributed by atoms with Crippen LogP contribution in [0.1, 0.15) is 39.5 Å². The topological polar surface area (TPSA) is 55.5 Å². The normalized spacial score (nSPS) is 24.9. The smallest absolute Gasteiger partial charge is 0.0609 e. The molecule has 0 aromatic heterocycles. The van der Waals surface area contributed by atoms with E-state index in [0.717, 1.165) is 6.42 Å². The van der Waals surface area contributed by atoms with Crippen molar-refractivity contribution < 1.29 is 9.84 Å². The van der Waals surface area contributed by atoms with Crippen molar-refractivity contribution in [3.05, 3.63) is 0 Å². The van der Waals surface area contributed by atoms with E-state index >= 15 is 0 Å². The second-order valence-corrected chi connectivity index (χ2v) is 4.52. The van der Waals surface area contributed by atoms with E-state index in [2.05, 4.69) is 0 Å². The van der Waals surface area contributed by atoms with Gasteiger partial charge in [0.2, 0.25) is 0 Å². The number of aliphatic hydroxyl groups excluding tert-OH is 1. The molecule has 1 fully saturated rings. The summed E-state index contributed by atoms with van der Waals surface area (Å²) in [4.78, 5) is 0. The van der Waals surface area contributed by atoms with Crippen LogP contribution in [-0.2, 0) is 4.74 Å². The Bertz CT molecular complexity index is 155. The summed E-state index contributed by atoms with van der Waals surface area (Å²) in [5.74, 6) is 0. The minimum Gasteiger partial charge on any atom is -0.394 e. The lowest BCUT2D eigenvalue weighted by molar-refractivity contribution is -0.0555. The predicted molar refractivity (Wildman–Crippen MR) is 52.5 cm³/mol. The highest BCUT2D eigenvalue weighted by Crippen LogP contribution is 2.25. The molecule has 78 valence electrons. The Morgan fingerprint density at radius 2 is 2.23 bits per heavy atom. The molecule has 0 aromatic carbocycles. The van der Waals surface area contributed by atoms with Crippen LogP contribution in [0.4, 0.5) is 0 Å². The molecule has 3 nitrogen and oxygen atoms in total. The molecule has 3 N–H and O–H groups in total. The molecule has 0 saturated heterocycles. The van der Waals surface area contributed by atoms with Crippen LogP contribution < -0.4 is 5.73 Å². The second kappa shape index (κ2) is 4.40. The van der Waals surface area contributed by atoms with E-state index in [9.17, 15) is 0 Å². The Morgan fingerprint density at radius 3 is 2.62 bits per heavy atom. The average Bonchev–Trinajstić information content (AvgIpc) is 1.96. The molecule has 0 spiro atoms. The molecule has 1 aliphatic carbocycles. The third-order valence-corrected chi connectivity index (χ3v) is 2.59. The molecule has 0 radical (unpaired) electrons. The van der Waals surface area contributed by atoms with Crippen molar-refractivity contribution in [1.29, 1.82) is 0 Å². The van der Waals surface area contributed by atoms with Crippen molar-refractivity contribution in [3.8, 4) is 0 Å². The maximum atomic E-state index is 8.97. The fraction of sp³-hybridized carbons (Fsp3) is 1.00. The van der Waals surface area contributed by atoms with Gasteiger partial charge in [-0.25, -0.2) is 0 Å². The van der Waals surface area contributed by atoms with E-state index in [1.807, 2.05) is 13.8 Å². The first-order valence-corrected chi connectivity index (χ1v) is 5.09. The van der Waals surface area contributed by atoms with Crippen LogP contribution in [0.2, 0.25) is 0 Å². The summed E-state index contributed by atoms with van der Waals surface area (Å²) >= 11 is 0. The van der Waals surface area contributed by atoms with E-state index in [4.69, 9.17) is 15.6 Å². The Labute approximate surface area is 80.3 Å². The SMILES string of the molecule is CC(CC(C)(N)CO)OC1CCC1. The van der Waals surface area contributed by atoms with Gasteiger partial charge in [-0.3, -0.25) is 0 Å². The van der Waals surface area contributed by atoms with Crippen LogP contribution in [0.3, 0.4) is 0 Å². The maximum absolute atomic E-state index is 8.97. The standard InChI is InChI=1S/C10H21NO2/c1-8(6-10(2,11)7-12)13-9-4-3-5-9/h8-9,12H,3-7,11H2,1-2H3. The van der Waals surface area contributed by atoms with Gasteiger partial charge in [0, 0.05) is 5.54 Å². The van der Waals surface area contributed by atoms with Crippen LogP contribution >= 0.6 is 0 Å². The Kier molecular flexibility index (Phi) is 3.71. The van der Waals surface area contributed by atoms with E-state index in [0.29, 0.717) is 6.10 Å². The zero-order valence-electron chi connectivity index (χ0n) is 8.62. The fourth-order valence-electron chi connectivity index (χ4n) is 1.60. The zero-order valence-corrected chi connectivity index (χ0v) is 8.62. The van der Waals surface area contributed by atoms with E-state index in [-0.39, 0.29) is 12.7 Å². The molecule has 0 aromatic rings. The van der Waals surface area contributed by atoms with E-state index in [1.54, 1.807) is 0 Å². The fourth-order valence-corrected chi connectivity index (χ4v) is 1.60. The Balaban J connectivity index is 2.19. The van der Waals surface area contributed by atoms with Crippen molar-refractivity contribution in [2.24, 2.45) is 5.73 Å². The average molecular weight is 187 g/mol. The molecule has 1 rings (SSSR count). The van der Waals surface area contributed by atoms with Gasteiger partial charge >= 0.3 is 0 Å². The third-order valence-electron chi connectivity index (χ3n) is 2.59. The lowest BCUT2D eigenvalue weighted by Gasteiger charge is -2.32. The van der Waals surface area contributed by atoms with Gasteiger partial charge in [-0.05, 0) is 39.5 Å². The maximum Gasteiger partial charge on any atom is 0.0609 e. The summed E-state index contributed by atoms with van der Waals surface area (Å²) in [7, 11) is 0. The molecular formula is C10H21NO2. The third kappa shape index (κ3) is 3.63. The van der Waals surface area contributed by atoms with Crippen LogP contribution in [-0.4, -0.2) is 29.5 Å². The lowest BCUT2D eigenvalue weighted by atomic mass is 9.94. The van der Waals surface area contributed by atoms with Gasteiger partial charge in [0.1, 0.15) is 0 Å². The molecule has 13 heavy (non-hydrogen) atoms. The van der Waals surface area contributed by atoms with Crippen molar-refractivity contribution in [1.82, 2.24) is 0 Å². The summed E-state index contributed by atoms with van der Waals surface area (Å²) in [6.07, 6.45) is 4.99. The van der Waals surface area contributed by atoms with Crippen molar-refractivity contribution in [3.63, 3.8) is 0 Å². The van der Waals surface area contributed by atoms with Crippen molar-refractivity contribution >= 4 is 0 Å². The second-order valence-electron chi connectivity index (χ2n) is 4.52. The van der Waals surface area contributed by atoms with Gasteiger partial charge < -0.3 is 15.6 Å². The highest BCUT2D eigenvalue weighted by molar-refractivity contribution is 4.81. The first-order valence-electron chi connectivity index (χ1n) is 5.09. The highest BCUT2D eigenvalue weighted by Gasteiger charge is 2.25. The minimum atomic E-state index is -0.497. The first kappa shape index (κ1) is 11.0. The monoisotopic (exact) mass is 187 g/mol. The molecule has 0 heterocycles. The van der Waals surface area contributed by atoms with Gasteiger partial charge in [0.05, 0.1) is 18.8 Å². The van der Waals surface area contributed by atoms with Crippen molar-refractivity contribution in [2.45, 2.75) is 57.3 Å². The molecular weight excluding hydrogens is 166 g/mol. The zero-order chi connectivity index (χ0) is 9.90. The van der Waals surface area contributed by atoms with Crippen LogP contribution in [0.15, 0.2) is 0 Å². The molecule has 1 saturated carbocycles. The number of nitrogens with two attached hydrogens (primary N) is 1. The summed E-state index contributed by atoms with van der Waals surface area (Å²) in [6, 6.07) is 0. The number of hydrogen-bond acceptors (Lipinski definition) is 3. The van der Waals surface area contributed by atoms with Crippen LogP contribution in [0, 0.1) is 0 Å². The predicted octanol–water partition coefficient (Wildman–Crippen LogP) is 1.04. The van der Waals surface area contributed by atoms with Gasteiger partial charge in [-0.1, -0.05) is 0 Å². The molecule has 0 amide bonds. The number of hydrogen-bond donors (Lipinski definition) is 2. The summed E-state index contributed by atoms with van der Waals surface area (Å²) < 4.78 is 5.73. The quantitative estimate of drug-likeness (QED) is 0.676. The van der Waals surface area contributed by atoms with Gasteiger partial charge in [-0.15, -0.1) is 0 Å². The first-order chi connectivity index (χ1) is 6.03. The minimum absolute atomic E-state index is 0.0192. The number of rotatable bonds is 5. The molecule has 2 atom stereocenters. The Morgan fingerprint density at radius 1 is 1.62 bits per heavy atom. The lowest BCUT2D eigenvalue weighted by Crippen LogP contribution is -2.44. The van der Waals surface area contributed by atoms with Gasteiger partial charge in [-0.2, -0.15) is 0 Å². The molecule has 0 bridgehead atoms. The largest absolute Gasteiger partial charge is 0.394 e. The highest BCUT2D eigenvalue weighted by atomic mass is 16.5. The van der Waals surface area contributed by atoms with Crippen molar-refractivity contribution in [2.75, 3.05) is 6.61 Å². The molecule has 0 aliphatic heterocycles. The van der Waals surface area contributed by atoms with E-state index < -0.39 is 5.54 Å². The number of aliphatic hydroxyl groups is 1. The van der Waals surface area contributed by atoms with Gasteiger partial charge in [0.15, 0.2) is 0 Å². The Hall–Kier alpha value is -0.120. The molecule has 2 unspecified atom stereocenters. The summed E-state index contributed by atoms with van der Waals surface area (Å²) in [5, 5.41) is 8.97. The van der Waals surface area contributed by atoms with Crippen LogP contribution in [0.25, 0.3) is 0 Å². The van der Waals surface area contributed by atoms with Crippen LogP contribution in [0.5, 0.6) is 0 Å². The van der Waals surface area contributed by atoms with E-state index in [1.165, 1.54) is 19.3 Å². The molecule has 3 heteroatoms. The molecule has 1 aliphatic rings. The number of ether oxygens (including phenoxy) is 1. The van der Waals surface area contributed by atoms with Gasteiger partial charge in [0.25, 0.3) is 0 Å².